The first-order valence-corrected chi connectivity index (χ1v) is 5.38. The van der Waals surface area contributed by atoms with Gasteiger partial charge in [-0.15, -0.1) is 0 Å². The second-order valence-corrected chi connectivity index (χ2v) is 3.71. The molecule has 0 saturated carbocycles. The van der Waals surface area contributed by atoms with Crippen LogP contribution in [0.5, 0.6) is 5.75 Å². The molecule has 0 fully saturated rings. The van der Waals surface area contributed by atoms with Crippen LogP contribution in [-0.2, 0) is 14.3 Å². The first kappa shape index (κ1) is 13.8. The second kappa shape index (κ2) is 6.44. The normalized spacial score (nSPS) is 9.61. The standard InChI is InChI=1S/C13H15NO4/c1-9(2)13(16)17-7-6-12(15)18-11-5-3-4-10(14)8-11/h3-5,8H,1,6-7,14H2,2H3. The molecule has 0 amide bonds. The van der Waals surface area contributed by atoms with Crippen LogP contribution in [0.3, 0.4) is 0 Å². The first-order valence-electron chi connectivity index (χ1n) is 5.38. The SMILES string of the molecule is C=C(C)C(=O)OCCC(=O)Oc1cccc(N)c1. The minimum absolute atomic E-state index is 0.0200. The van der Waals surface area contributed by atoms with Gasteiger partial charge in [0.2, 0.25) is 0 Å². The van der Waals surface area contributed by atoms with Crippen LogP contribution in [0.15, 0.2) is 36.4 Å². The van der Waals surface area contributed by atoms with E-state index in [4.69, 9.17) is 15.2 Å². The predicted octanol–water partition coefficient (Wildman–Crippen LogP) is 1.68. The van der Waals surface area contributed by atoms with Gasteiger partial charge in [0.05, 0.1) is 6.42 Å². The number of rotatable bonds is 5. The van der Waals surface area contributed by atoms with E-state index >= 15 is 0 Å². The highest BCUT2D eigenvalue weighted by Gasteiger charge is 2.08. The molecule has 5 heteroatoms. The Hall–Kier alpha value is -2.30. The van der Waals surface area contributed by atoms with Crippen LogP contribution in [0.2, 0.25) is 0 Å². The Morgan fingerprint density at radius 2 is 2.11 bits per heavy atom. The monoisotopic (exact) mass is 249 g/mol. The van der Waals surface area contributed by atoms with Gasteiger partial charge in [0.25, 0.3) is 0 Å². The third kappa shape index (κ3) is 4.69. The number of hydrogen-bond donors (Lipinski definition) is 1. The Morgan fingerprint density at radius 3 is 2.72 bits per heavy atom. The average molecular weight is 249 g/mol. The molecular weight excluding hydrogens is 234 g/mol. The summed E-state index contributed by atoms with van der Waals surface area (Å²) < 4.78 is 9.78. The van der Waals surface area contributed by atoms with E-state index in [1.54, 1.807) is 18.2 Å². The van der Waals surface area contributed by atoms with Gasteiger partial charge in [0, 0.05) is 17.3 Å². The Bertz CT molecular complexity index is 468. The van der Waals surface area contributed by atoms with E-state index in [1.807, 2.05) is 0 Å². The third-order valence-electron chi connectivity index (χ3n) is 1.98. The summed E-state index contributed by atoms with van der Waals surface area (Å²) in [4.78, 5) is 22.4. The zero-order valence-electron chi connectivity index (χ0n) is 10.1. The van der Waals surface area contributed by atoms with Crippen LogP contribution >= 0.6 is 0 Å². The van der Waals surface area contributed by atoms with Crippen molar-refractivity contribution < 1.29 is 19.1 Å². The third-order valence-corrected chi connectivity index (χ3v) is 1.98. The maximum atomic E-state index is 11.4. The number of hydrogen-bond acceptors (Lipinski definition) is 5. The molecule has 1 aromatic carbocycles. The molecule has 0 heterocycles. The topological polar surface area (TPSA) is 78.6 Å². The Balaban J connectivity index is 2.34. The van der Waals surface area contributed by atoms with Gasteiger partial charge in [0.1, 0.15) is 12.4 Å². The number of nitrogen functional groups attached to an aromatic ring is 1. The largest absolute Gasteiger partial charge is 0.462 e. The van der Waals surface area contributed by atoms with Crippen molar-refractivity contribution in [3.63, 3.8) is 0 Å². The fraction of sp³-hybridized carbons (Fsp3) is 0.231. The van der Waals surface area contributed by atoms with Gasteiger partial charge in [-0.05, 0) is 19.1 Å². The summed E-state index contributed by atoms with van der Waals surface area (Å²) in [6.07, 6.45) is -0.0200. The number of nitrogens with two attached hydrogens (primary N) is 1. The van der Waals surface area contributed by atoms with Gasteiger partial charge in [-0.1, -0.05) is 12.6 Å². The Kier molecular flexibility index (Phi) is 4.92. The van der Waals surface area contributed by atoms with Crippen molar-refractivity contribution in [2.75, 3.05) is 12.3 Å². The molecule has 0 spiro atoms. The van der Waals surface area contributed by atoms with Crippen LogP contribution in [0, 0.1) is 0 Å². The highest BCUT2D eigenvalue weighted by Crippen LogP contribution is 2.14. The molecule has 0 radical (unpaired) electrons. The highest BCUT2D eigenvalue weighted by atomic mass is 16.5. The first-order chi connectivity index (χ1) is 8.49. The molecule has 0 aliphatic rings. The molecule has 18 heavy (non-hydrogen) atoms. The maximum Gasteiger partial charge on any atom is 0.333 e. The van der Waals surface area contributed by atoms with E-state index in [9.17, 15) is 9.59 Å². The van der Waals surface area contributed by atoms with Crippen molar-refractivity contribution in [1.29, 1.82) is 0 Å². The fourth-order valence-electron chi connectivity index (χ4n) is 1.11. The Labute approximate surface area is 105 Å². The predicted molar refractivity (Wildman–Crippen MR) is 66.9 cm³/mol. The quantitative estimate of drug-likeness (QED) is 0.372. The minimum Gasteiger partial charge on any atom is -0.462 e. The van der Waals surface area contributed by atoms with Gasteiger partial charge < -0.3 is 15.2 Å². The highest BCUT2D eigenvalue weighted by molar-refractivity contribution is 5.87. The number of carbonyl (C=O) groups is 2. The van der Waals surface area contributed by atoms with Crippen LogP contribution in [0.25, 0.3) is 0 Å². The lowest BCUT2D eigenvalue weighted by molar-refractivity contribution is -0.142. The zero-order valence-corrected chi connectivity index (χ0v) is 10.1. The summed E-state index contributed by atoms with van der Waals surface area (Å²) >= 11 is 0. The van der Waals surface area contributed by atoms with Crippen molar-refractivity contribution in [1.82, 2.24) is 0 Å². The van der Waals surface area contributed by atoms with Crippen molar-refractivity contribution >= 4 is 17.6 Å². The van der Waals surface area contributed by atoms with Crippen molar-refractivity contribution in [3.05, 3.63) is 36.4 Å². The second-order valence-electron chi connectivity index (χ2n) is 3.71. The van der Waals surface area contributed by atoms with Crippen molar-refractivity contribution in [2.45, 2.75) is 13.3 Å². The molecule has 0 unspecified atom stereocenters. The summed E-state index contributed by atoms with van der Waals surface area (Å²) in [6.45, 7) is 4.93. The molecule has 0 bridgehead atoms. The molecule has 96 valence electrons. The van der Waals surface area contributed by atoms with E-state index in [-0.39, 0.29) is 13.0 Å². The van der Waals surface area contributed by atoms with Gasteiger partial charge in [-0.25, -0.2) is 4.79 Å². The number of ether oxygens (including phenoxy) is 2. The number of carbonyl (C=O) groups excluding carboxylic acids is 2. The van der Waals surface area contributed by atoms with E-state index in [2.05, 4.69) is 6.58 Å². The van der Waals surface area contributed by atoms with Gasteiger partial charge in [-0.3, -0.25) is 4.79 Å². The Morgan fingerprint density at radius 1 is 1.39 bits per heavy atom. The minimum atomic E-state index is -0.522. The molecule has 0 aliphatic heterocycles. The van der Waals surface area contributed by atoms with Crippen LogP contribution < -0.4 is 10.5 Å². The summed E-state index contributed by atoms with van der Waals surface area (Å²) in [5.74, 6) is -0.645. The summed E-state index contributed by atoms with van der Waals surface area (Å²) in [7, 11) is 0. The zero-order chi connectivity index (χ0) is 13.5. The molecular formula is C13H15NO4. The van der Waals surface area contributed by atoms with Crippen molar-refractivity contribution in [3.8, 4) is 5.75 Å². The van der Waals surface area contributed by atoms with Gasteiger partial charge >= 0.3 is 11.9 Å². The van der Waals surface area contributed by atoms with Crippen LogP contribution in [-0.4, -0.2) is 18.5 Å². The van der Waals surface area contributed by atoms with Crippen LogP contribution in [0.1, 0.15) is 13.3 Å². The van der Waals surface area contributed by atoms with E-state index < -0.39 is 11.9 Å². The number of esters is 2. The van der Waals surface area contributed by atoms with Crippen molar-refractivity contribution in [2.24, 2.45) is 0 Å². The lowest BCUT2D eigenvalue weighted by Gasteiger charge is -2.06. The molecule has 0 aromatic heterocycles. The number of benzene rings is 1. The maximum absolute atomic E-state index is 11.4. The summed E-state index contributed by atoms with van der Waals surface area (Å²) in [5, 5.41) is 0. The molecule has 5 nitrogen and oxygen atoms in total. The van der Waals surface area contributed by atoms with E-state index in [1.165, 1.54) is 13.0 Å². The van der Waals surface area contributed by atoms with Gasteiger partial charge in [-0.2, -0.15) is 0 Å². The molecule has 2 N–H and O–H groups in total. The lowest BCUT2D eigenvalue weighted by atomic mass is 10.3. The van der Waals surface area contributed by atoms with E-state index in [0.29, 0.717) is 17.0 Å². The van der Waals surface area contributed by atoms with Gasteiger partial charge in [0.15, 0.2) is 0 Å². The molecule has 1 aromatic rings. The fourth-order valence-corrected chi connectivity index (χ4v) is 1.11. The smallest absolute Gasteiger partial charge is 0.333 e. The number of anilines is 1. The average Bonchev–Trinajstić information content (AvgIpc) is 2.28. The molecule has 0 atom stereocenters. The van der Waals surface area contributed by atoms with E-state index in [0.717, 1.165) is 0 Å². The summed E-state index contributed by atoms with van der Waals surface area (Å²) in [5.41, 5.74) is 6.34. The van der Waals surface area contributed by atoms with Crippen LogP contribution in [0.4, 0.5) is 5.69 Å². The lowest BCUT2D eigenvalue weighted by Crippen LogP contribution is -2.14. The molecule has 0 saturated heterocycles. The molecule has 0 aliphatic carbocycles. The molecule has 1 rings (SSSR count). The summed E-state index contributed by atoms with van der Waals surface area (Å²) in [6, 6.07) is 6.52.